The molecule has 2 aromatic rings. The lowest BCUT2D eigenvalue weighted by Gasteiger charge is -2.37. The Hall–Kier alpha value is -3.52. The molecule has 0 radical (unpaired) electrons. The highest BCUT2D eigenvalue weighted by atomic mass is 16.5. The number of hydrogen-bond acceptors (Lipinski definition) is 6. The zero-order valence-electron chi connectivity index (χ0n) is 20.4. The third kappa shape index (κ3) is 6.99. The molecule has 0 bridgehead atoms. The van der Waals surface area contributed by atoms with Gasteiger partial charge in [0.2, 0.25) is 0 Å². The molecule has 3 rings (SSSR count). The van der Waals surface area contributed by atoms with Crippen molar-refractivity contribution in [3.63, 3.8) is 0 Å². The van der Waals surface area contributed by atoms with Crippen LogP contribution >= 0.6 is 0 Å². The summed E-state index contributed by atoms with van der Waals surface area (Å²) >= 11 is 0. The van der Waals surface area contributed by atoms with Crippen LogP contribution in [0.3, 0.4) is 0 Å². The standard InChI is InChI=1S/C26H35N5O3/c1-17-15-31(16-18(2)29-17)22-9-6-20(7-10-22)26(32)30-25(28)13-21(27)8-5-19-11-23(33-3)14-24(12-19)34-4/h6-7,9-14,17-18,29H,5,8,15-16,27H2,1-4H3,(H2,28,30,32)/p+1/t17-,18?/m1/s1. The fourth-order valence-corrected chi connectivity index (χ4v) is 4.17. The molecule has 1 saturated heterocycles. The molecule has 1 fully saturated rings. The fraction of sp³-hybridized carbons (Fsp3) is 0.385. The second-order valence-corrected chi connectivity index (χ2v) is 8.77. The quantitative estimate of drug-likeness (QED) is 0.344. The number of nitrogens with one attached hydrogen (secondary N) is 2. The number of hydrogen-bond donors (Lipinski definition) is 4. The number of nitrogens with zero attached hydrogens (tertiary/aromatic N) is 1. The number of nitrogens with two attached hydrogens (primary N) is 2. The van der Waals surface area contributed by atoms with Crippen LogP contribution in [0.2, 0.25) is 0 Å². The Kier molecular flexibility index (Phi) is 8.54. The highest BCUT2D eigenvalue weighted by molar-refractivity contribution is 6.08. The second-order valence-electron chi connectivity index (χ2n) is 8.77. The Morgan fingerprint density at radius 3 is 2.26 bits per heavy atom. The van der Waals surface area contributed by atoms with Crippen LogP contribution in [-0.4, -0.2) is 51.1 Å². The van der Waals surface area contributed by atoms with Crippen molar-refractivity contribution in [3.8, 4) is 11.5 Å². The van der Waals surface area contributed by atoms with Gasteiger partial charge in [-0.1, -0.05) is 0 Å². The number of anilines is 1. The summed E-state index contributed by atoms with van der Waals surface area (Å²) in [6, 6.07) is 14.1. The average Bonchev–Trinajstić information content (AvgIpc) is 2.81. The first-order valence-corrected chi connectivity index (χ1v) is 11.5. The molecule has 2 atom stereocenters. The van der Waals surface area contributed by atoms with E-state index in [9.17, 15) is 4.79 Å². The third-order valence-electron chi connectivity index (χ3n) is 5.76. The molecule has 8 nitrogen and oxygen atoms in total. The maximum Gasteiger partial charge on any atom is 0.338 e. The molecule has 1 aliphatic heterocycles. The molecule has 1 heterocycles. The molecular formula is C26H36N5O3+. The van der Waals surface area contributed by atoms with Gasteiger partial charge in [0.25, 0.3) is 5.84 Å². The molecule has 2 aromatic carbocycles. The number of piperazine rings is 1. The third-order valence-corrected chi connectivity index (χ3v) is 5.76. The number of rotatable bonds is 8. The Labute approximate surface area is 201 Å². The van der Waals surface area contributed by atoms with E-state index in [1.165, 1.54) is 0 Å². The number of carbonyl (C=O) groups is 1. The van der Waals surface area contributed by atoms with Crippen LogP contribution in [0.15, 0.2) is 54.2 Å². The molecule has 1 amide bonds. The number of amides is 1. The van der Waals surface area contributed by atoms with Crippen LogP contribution in [0.1, 0.15) is 36.2 Å². The summed E-state index contributed by atoms with van der Waals surface area (Å²) in [5, 5.41) is 12.3. The van der Waals surface area contributed by atoms with Gasteiger partial charge in [-0.2, -0.15) is 0 Å². The van der Waals surface area contributed by atoms with Crippen LogP contribution in [0.25, 0.3) is 0 Å². The molecule has 0 spiro atoms. The van der Waals surface area contributed by atoms with E-state index in [2.05, 4.69) is 29.4 Å². The highest BCUT2D eigenvalue weighted by Gasteiger charge is 2.21. The largest absolute Gasteiger partial charge is 0.497 e. The first kappa shape index (κ1) is 25.1. The van der Waals surface area contributed by atoms with Crippen molar-refractivity contribution in [3.05, 3.63) is 65.4 Å². The van der Waals surface area contributed by atoms with E-state index >= 15 is 0 Å². The van der Waals surface area contributed by atoms with Crippen molar-refractivity contribution in [2.45, 2.75) is 38.8 Å². The van der Waals surface area contributed by atoms with E-state index in [1.807, 2.05) is 42.5 Å². The summed E-state index contributed by atoms with van der Waals surface area (Å²) in [6.07, 6.45) is 2.85. The average molecular weight is 467 g/mol. The monoisotopic (exact) mass is 466 g/mol. The van der Waals surface area contributed by atoms with Crippen LogP contribution < -0.4 is 36.2 Å². The molecule has 1 unspecified atom stereocenters. The lowest BCUT2D eigenvalue weighted by Crippen LogP contribution is -2.54. The number of allylic oxidation sites excluding steroid dienone is 1. The van der Waals surface area contributed by atoms with Gasteiger partial charge in [0.15, 0.2) is 0 Å². The summed E-state index contributed by atoms with van der Waals surface area (Å²) in [4.78, 5) is 14.9. The van der Waals surface area contributed by atoms with Gasteiger partial charge in [0.1, 0.15) is 11.5 Å². The summed E-state index contributed by atoms with van der Waals surface area (Å²) in [5.74, 6) is 1.39. The minimum Gasteiger partial charge on any atom is -0.497 e. The lowest BCUT2D eigenvalue weighted by atomic mass is 10.1. The van der Waals surface area contributed by atoms with E-state index in [-0.39, 0.29) is 11.7 Å². The van der Waals surface area contributed by atoms with E-state index in [1.54, 1.807) is 20.3 Å². The molecular weight excluding hydrogens is 430 g/mol. The minimum atomic E-state index is -0.271. The number of amidine groups is 1. The summed E-state index contributed by atoms with van der Waals surface area (Å²) in [7, 11) is 3.23. The summed E-state index contributed by atoms with van der Waals surface area (Å²) in [5.41, 5.74) is 9.38. The minimum absolute atomic E-state index is 0.208. The highest BCUT2D eigenvalue weighted by Crippen LogP contribution is 2.23. The summed E-state index contributed by atoms with van der Waals surface area (Å²) in [6.45, 7) is 6.22. The predicted molar refractivity (Wildman–Crippen MR) is 135 cm³/mol. The van der Waals surface area contributed by atoms with Crippen molar-refractivity contribution >= 4 is 17.4 Å². The van der Waals surface area contributed by atoms with E-state index < -0.39 is 0 Å². The number of aryl methyl sites for hydroxylation is 1. The maximum absolute atomic E-state index is 12.6. The van der Waals surface area contributed by atoms with Gasteiger partial charge in [-0.15, -0.1) is 0 Å². The van der Waals surface area contributed by atoms with Crippen LogP contribution in [-0.2, 0) is 6.42 Å². The van der Waals surface area contributed by atoms with Gasteiger partial charge < -0.3 is 25.4 Å². The second kappa shape index (κ2) is 11.6. The number of carbonyl (C=O) groups excluding carboxylic acids is 1. The number of ether oxygens (including phenoxy) is 2. The molecule has 34 heavy (non-hydrogen) atoms. The van der Waals surface area contributed by atoms with E-state index in [0.29, 0.717) is 36.2 Å². The van der Waals surface area contributed by atoms with Crippen LogP contribution in [0, 0.1) is 0 Å². The molecule has 0 aromatic heterocycles. The van der Waals surface area contributed by atoms with Crippen LogP contribution in [0.5, 0.6) is 11.5 Å². The van der Waals surface area contributed by atoms with Crippen molar-refractivity contribution in [1.29, 1.82) is 0 Å². The van der Waals surface area contributed by atoms with Gasteiger partial charge in [-0.05, 0) is 68.7 Å². The van der Waals surface area contributed by atoms with Gasteiger partial charge in [0, 0.05) is 48.7 Å². The molecule has 6 N–H and O–H groups in total. The molecule has 0 saturated carbocycles. The van der Waals surface area contributed by atoms with Crippen molar-refractivity contribution in [2.75, 3.05) is 32.2 Å². The first-order chi connectivity index (χ1) is 16.3. The predicted octanol–water partition coefficient (Wildman–Crippen LogP) is 1.25. The van der Waals surface area contributed by atoms with Gasteiger partial charge in [-0.3, -0.25) is 5.41 Å². The SMILES string of the molecule is COc1cc(CCC(N)=CC(=[NH2+])NC(=O)c2ccc(N3CC(C)N[C@H](C)C3)cc2)cc(OC)c1. The van der Waals surface area contributed by atoms with Crippen molar-refractivity contribution in [1.82, 2.24) is 10.6 Å². The Bertz CT molecular complexity index is 1000. The maximum atomic E-state index is 12.6. The van der Waals surface area contributed by atoms with Gasteiger partial charge in [0.05, 0.1) is 19.8 Å². The fourth-order valence-electron chi connectivity index (χ4n) is 4.17. The topological polar surface area (TPSA) is 114 Å². The van der Waals surface area contributed by atoms with Crippen molar-refractivity contribution < 1.29 is 19.7 Å². The zero-order valence-corrected chi connectivity index (χ0v) is 20.4. The van der Waals surface area contributed by atoms with Gasteiger partial charge >= 0.3 is 5.91 Å². The molecule has 8 heteroatoms. The molecule has 0 aliphatic carbocycles. The smallest absolute Gasteiger partial charge is 0.338 e. The van der Waals surface area contributed by atoms with Crippen molar-refractivity contribution in [2.24, 2.45) is 5.73 Å². The first-order valence-electron chi connectivity index (χ1n) is 11.5. The molecule has 182 valence electrons. The zero-order chi connectivity index (χ0) is 24.7. The Balaban J connectivity index is 1.54. The van der Waals surface area contributed by atoms with E-state index in [0.717, 1.165) is 35.8 Å². The van der Waals surface area contributed by atoms with Crippen LogP contribution in [0.4, 0.5) is 5.69 Å². The van der Waals surface area contributed by atoms with Gasteiger partial charge in [-0.25, -0.2) is 10.1 Å². The lowest BCUT2D eigenvalue weighted by molar-refractivity contribution is -0.115. The summed E-state index contributed by atoms with van der Waals surface area (Å²) < 4.78 is 10.6. The molecule has 1 aliphatic rings. The number of benzene rings is 2. The normalized spacial score (nSPS) is 18.4. The Morgan fingerprint density at radius 1 is 1.12 bits per heavy atom. The van der Waals surface area contributed by atoms with E-state index in [4.69, 9.17) is 20.6 Å². The number of methoxy groups -OCH3 is 2. The Morgan fingerprint density at radius 2 is 1.71 bits per heavy atom.